The number of nitrogens with zero attached hydrogens (tertiary/aromatic N) is 2. The molecule has 0 spiro atoms. The Morgan fingerprint density at radius 1 is 0.912 bits per heavy atom. The number of anilines is 2. The Morgan fingerprint density at radius 3 is 2.35 bits per heavy atom. The molecular weight excluding hydrogens is 428 g/mol. The van der Waals surface area contributed by atoms with Crippen molar-refractivity contribution in [1.29, 1.82) is 0 Å². The first-order chi connectivity index (χ1) is 16.3. The number of para-hydroxylation sites is 3. The second kappa shape index (κ2) is 9.31. The van der Waals surface area contributed by atoms with Crippen molar-refractivity contribution in [3.63, 3.8) is 0 Å². The van der Waals surface area contributed by atoms with E-state index in [2.05, 4.69) is 15.6 Å². The molecule has 1 heterocycles. The van der Waals surface area contributed by atoms with E-state index in [0.717, 1.165) is 11.1 Å². The lowest BCUT2D eigenvalue weighted by Gasteiger charge is -2.19. The molecule has 0 bridgehead atoms. The van der Waals surface area contributed by atoms with Crippen LogP contribution in [0.3, 0.4) is 0 Å². The van der Waals surface area contributed by atoms with Crippen LogP contribution in [0.25, 0.3) is 22.3 Å². The average molecular weight is 455 g/mol. The topological polar surface area (TPSA) is 93.1 Å². The summed E-state index contributed by atoms with van der Waals surface area (Å²) in [5.41, 5.74) is 4.70. The van der Waals surface area contributed by atoms with Gasteiger partial charge in [0.05, 0.1) is 16.7 Å². The van der Waals surface area contributed by atoms with E-state index in [9.17, 15) is 14.4 Å². The number of nitrogens with one attached hydrogen (secondary N) is 2. The molecule has 0 saturated carbocycles. The highest BCUT2D eigenvalue weighted by molar-refractivity contribution is 5.96. The molecule has 0 radical (unpaired) electrons. The number of hydrogen-bond donors (Lipinski definition) is 2. The Kier molecular flexibility index (Phi) is 6.27. The molecule has 3 aromatic carbocycles. The lowest BCUT2D eigenvalue weighted by molar-refractivity contribution is -0.118. The smallest absolute Gasteiger partial charge is 0.278 e. The fourth-order valence-corrected chi connectivity index (χ4v) is 3.89. The van der Waals surface area contributed by atoms with Gasteiger partial charge >= 0.3 is 0 Å². The number of aryl methyl sites for hydroxylation is 2. The van der Waals surface area contributed by atoms with Crippen molar-refractivity contribution in [2.45, 2.75) is 33.7 Å². The van der Waals surface area contributed by atoms with Crippen LogP contribution in [-0.4, -0.2) is 21.4 Å². The highest BCUT2D eigenvalue weighted by Gasteiger charge is 2.23. The molecule has 1 aromatic heterocycles. The minimum Gasteiger partial charge on any atom is -0.326 e. The summed E-state index contributed by atoms with van der Waals surface area (Å²) in [4.78, 5) is 43.3. The highest BCUT2D eigenvalue weighted by atomic mass is 16.2. The lowest BCUT2D eigenvalue weighted by atomic mass is 10.1. The highest BCUT2D eigenvalue weighted by Crippen LogP contribution is 2.27. The van der Waals surface area contributed by atoms with Gasteiger partial charge in [-0.25, -0.2) is 4.98 Å². The number of hydrogen-bond acceptors (Lipinski definition) is 4. The molecule has 4 rings (SSSR count). The van der Waals surface area contributed by atoms with E-state index in [1.54, 1.807) is 49.4 Å². The molecule has 2 amide bonds. The molecule has 7 heteroatoms. The summed E-state index contributed by atoms with van der Waals surface area (Å²) >= 11 is 0. The largest absolute Gasteiger partial charge is 0.326 e. The third kappa shape index (κ3) is 4.45. The van der Waals surface area contributed by atoms with E-state index >= 15 is 0 Å². The second-order valence-electron chi connectivity index (χ2n) is 8.32. The monoisotopic (exact) mass is 454 g/mol. The zero-order valence-electron chi connectivity index (χ0n) is 19.5. The molecule has 2 N–H and O–H groups in total. The molecule has 4 aromatic rings. The SMILES string of the molecule is CC(=O)Nc1ccccc1-c1nc2ccccc2n(C(C)C(=O)Nc2ccc(C)c(C)c2)c1=O. The van der Waals surface area contributed by atoms with Gasteiger partial charge in [-0.05, 0) is 62.2 Å². The van der Waals surface area contributed by atoms with E-state index in [4.69, 9.17) is 0 Å². The first-order valence-corrected chi connectivity index (χ1v) is 11.0. The van der Waals surface area contributed by atoms with E-state index in [0.29, 0.717) is 28.0 Å². The number of carbonyl (C=O) groups is 2. The van der Waals surface area contributed by atoms with Crippen LogP contribution in [0.5, 0.6) is 0 Å². The zero-order valence-corrected chi connectivity index (χ0v) is 19.5. The third-order valence-electron chi connectivity index (χ3n) is 5.83. The average Bonchev–Trinajstić information content (AvgIpc) is 2.81. The summed E-state index contributed by atoms with van der Waals surface area (Å²) in [6.07, 6.45) is 0. The van der Waals surface area contributed by atoms with Crippen LogP contribution in [0.4, 0.5) is 11.4 Å². The number of benzene rings is 3. The Hall–Kier alpha value is -4.26. The van der Waals surface area contributed by atoms with Gasteiger partial charge in [-0.3, -0.25) is 19.0 Å². The standard InChI is InChI=1S/C27H26N4O3/c1-16-13-14-20(15-17(16)2)29-26(33)18(3)31-24-12-8-7-11-23(24)30-25(27(31)34)21-9-5-6-10-22(21)28-19(4)32/h5-15,18H,1-4H3,(H,28,32)(H,29,33). The summed E-state index contributed by atoms with van der Waals surface area (Å²) in [7, 11) is 0. The van der Waals surface area contributed by atoms with Gasteiger partial charge in [0.1, 0.15) is 11.7 Å². The van der Waals surface area contributed by atoms with Crippen molar-refractivity contribution >= 4 is 34.2 Å². The fraction of sp³-hybridized carbons (Fsp3) is 0.185. The van der Waals surface area contributed by atoms with Crippen LogP contribution >= 0.6 is 0 Å². The molecule has 7 nitrogen and oxygen atoms in total. The fourth-order valence-electron chi connectivity index (χ4n) is 3.89. The Bertz CT molecular complexity index is 1470. The summed E-state index contributed by atoms with van der Waals surface area (Å²) < 4.78 is 1.46. The number of fused-ring (bicyclic) bond motifs is 1. The molecule has 34 heavy (non-hydrogen) atoms. The normalized spacial score (nSPS) is 11.8. The van der Waals surface area contributed by atoms with Gasteiger partial charge < -0.3 is 10.6 Å². The number of aromatic nitrogens is 2. The Balaban J connectivity index is 1.84. The van der Waals surface area contributed by atoms with Crippen LogP contribution in [0.2, 0.25) is 0 Å². The molecule has 172 valence electrons. The Labute approximate surface area is 197 Å². The number of rotatable bonds is 5. The number of amides is 2. The maximum atomic E-state index is 13.7. The quantitative estimate of drug-likeness (QED) is 0.451. The lowest BCUT2D eigenvalue weighted by Crippen LogP contribution is -2.33. The predicted molar refractivity (Wildman–Crippen MR) is 135 cm³/mol. The van der Waals surface area contributed by atoms with Gasteiger partial charge in [-0.1, -0.05) is 36.4 Å². The van der Waals surface area contributed by atoms with E-state index in [1.807, 2.05) is 38.1 Å². The van der Waals surface area contributed by atoms with Crippen molar-refractivity contribution < 1.29 is 9.59 Å². The third-order valence-corrected chi connectivity index (χ3v) is 5.83. The summed E-state index contributed by atoms with van der Waals surface area (Å²) in [5, 5.41) is 5.68. The molecule has 0 aliphatic carbocycles. The molecular formula is C27H26N4O3. The number of carbonyl (C=O) groups excluding carboxylic acids is 2. The predicted octanol–water partition coefficient (Wildman–Crippen LogP) is 4.84. The van der Waals surface area contributed by atoms with Gasteiger partial charge in [-0.2, -0.15) is 0 Å². The van der Waals surface area contributed by atoms with Crippen molar-refractivity contribution in [3.05, 3.63) is 88.2 Å². The first-order valence-electron chi connectivity index (χ1n) is 11.0. The second-order valence-corrected chi connectivity index (χ2v) is 8.32. The van der Waals surface area contributed by atoms with Gasteiger partial charge in [0.25, 0.3) is 5.56 Å². The van der Waals surface area contributed by atoms with Crippen molar-refractivity contribution in [1.82, 2.24) is 9.55 Å². The van der Waals surface area contributed by atoms with Gasteiger partial charge in [0.15, 0.2) is 0 Å². The van der Waals surface area contributed by atoms with Gasteiger partial charge in [0, 0.05) is 18.2 Å². The molecule has 0 fully saturated rings. The van der Waals surface area contributed by atoms with Crippen LogP contribution in [-0.2, 0) is 9.59 Å². The summed E-state index contributed by atoms with van der Waals surface area (Å²) in [5.74, 6) is -0.572. The molecule has 0 aliphatic heterocycles. The van der Waals surface area contributed by atoms with Crippen LogP contribution in [0.1, 0.15) is 31.0 Å². The van der Waals surface area contributed by atoms with E-state index in [1.165, 1.54) is 11.5 Å². The van der Waals surface area contributed by atoms with E-state index in [-0.39, 0.29) is 17.5 Å². The zero-order chi connectivity index (χ0) is 24.4. The molecule has 1 atom stereocenters. The maximum Gasteiger partial charge on any atom is 0.278 e. The summed E-state index contributed by atoms with van der Waals surface area (Å²) in [6.45, 7) is 7.08. The van der Waals surface area contributed by atoms with Crippen LogP contribution < -0.4 is 16.2 Å². The molecule has 0 aliphatic rings. The van der Waals surface area contributed by atoms with Crippen molar-refractivity contribution in [2.24, 2.45) is 0 Å². The first kappa shape index (κ1) is 22.9. The maximum absolute atomic E-state index is 13.7. The summed E-state index contributed by atoms with van der Waals surface area (Å²) in [6, 6.07) is 19.1. The Morgan fingerprint density at radius 2 is 1.62 bits per heavy atom. The van der Waals surface area contributed by atoms with Gasteiger partial charge in [0.2, 0.25) is 11.8 Å². The van der Waals surface area contributed by atoms with Gasteiger partial charge in [-0.15, -0.1) is 0 Å². The van der Waals surface area contributed by atoms with Crippen molar-refractivity contribution in [2.75, 3.05) is 10.6 Å². The molecule has 1 unspecified atom stereocenters. The van der Waals surface area contributed by atoms with E-state index < -0.39 is 11.6 Å². The van der Waals surface area contributed by atoms with Crippen LogP contribution in [0, 0.1) is 13.8 Å². The van der Waals surface area contributed by atoms with Crippen molar-refractivity contribution in [3.8, 4) is 11.3 Å². The minimum absolute atomic E-state index is 0.161. The van der Waals surface area contributed by atoms with Crippen LogP contribution in [0.15, 0.2) is 71.5 Å². The minimum atomic E-state index is -0.811. The molecule has 0 saturated heterocycles.